The zero-order valence-corrected chi connectivity index (χ0v) is 16.1. The number of hydrogen-bond acceptors (Lipinski definition) is 2. The number of carbonyl (C=O) groups excluding carboxylic acids is 1. The third kappa shape index (κ3) is 4.53. The first kappa shape index (κ1) is 18.7. The average Bonchev–Trinajstić information content (AvgIpc) is 2.66. The minimum absolute atomic E-state index is 0.159. The monoisotopic (exact) mass is 350 g/mol. The maximum Gasteiger partial charge on any atom is 0.239 e. The molecule has 0 aliphatic carbocycles. The van der Waals surface area contributed by atoms with Crippen LogP contribution in [0.3, 0.4) is 0 Å². The van der Waals surface area contributed by atoms with Crippen LogP contribution in [0.5, 0.6) is 0 Å². The molecule has 0 radical (unpaired) electrons. The predicted octanol–water partition coefficient (Wildman–Crippen LogP) is 3.96. The first-order valence-corrected chi connectivity index (χ1v) is 9.72. The van der Waals surface area contributed by atoms with Crippen molar-refractivity contribution in [3.05, 3.63) is 71.3 Å². The van der Waals surface area contributed by atoms with Gasteiger partial charge in [0, 0.05) is 18.6 Å². The lowest BCUT2D eigenvalue weighted by molar-refractivity contribution is -0.136. The van der Waals surface area contributed by atoms with Crippen LogP contribution in [0.4, 0.5) is 0 Å². The summed E-state index contributed by atoms with van der Waals surface area (Å²) in [5.74, 6) is 0.207. The highest BCUT2D eigenvalue weighted by atomic mass is 16.2. The van der Waals surface area contributed by atoms with E-state index < -0.39 is 0 Å². The number of nitrogens with zero attached hydrogens (tertiary/aromatic N) is 1. The van der Waals surface area contributed by atoms with E-state index in [-0.39, 0.29) is 18.0 Å². The molecule has 3 nitrogen and oxygen atoms in total. The van der Waals surface area contributed by atoms with Gasteiger partial charge in [-0.2, -0.15) is 0 Å². The summed E-state index contributed by atoms with van der Waals surface area (Å²) >= 11 is 0. The number of amides is 1. The second-order valence-electron chi connectivity index (χ2n) is 7.60. The topological polar surface area (TPSA) is 32.3 Å². The summed E-state index contributed by atoms with van der Waals surface area (Å²) in [4.78, 5) is 15.0. The van der Waals surface area contributed by atoms with Crippen LogP contribution in [0.1, 0.15) is 43.9 Å². The van der Waals surface area contributed by atoms with Gasteiger partial charge in [0.15, 0.2) is 0 Å². The molecule has 26 heavy (non-hydrogen) atoms. The van der Waals surface area contributed by atoms with E-state index in [9.17, 15) is 4.79 Å². The third-order valence-corrected chi connectivity index (χ3v) is 5.40. The second kappa shape index (κ2) is 8.50. The summed E-state index contributed by atoms with van der Waals surface area (Å²) < 4.78 is 0. The van der Waals surface area contributed by atoms with Crippen LogP contribution in [0.25, 0.3) is 0 Å². The summed E-state index contributed by atoms with van der Waals surface area (Å²) in [5.41, 5.74) is 4.01. The molecule has 3 rings (SSSR count). The number of rotatable bonds is 6. The summed E-state index contributed by atoms with van der Waals surface area (Å²) in [5, 5.41) is 3.50. The molecule has 0 spiro atoms. The lowest BCUT2D eigenvalue weighted by Crippen LogP contribution is -2.52. The van der Waals surface area contributed by atoms with E-state index in [0.717, 1.165) is 25.8 Å². The summed E-state index contributed by atoms with van der Waals surface area (Å²) in [7, 11) is 0. The van der Waals surface area contributed by atoms with Gasteiger partial charge in [-0.1, -0.05) is 54.6 Å². The molecule has 0 bridgehead atoms. The van der Waals surface area contributed by atoms with Gasteiger partial charge in [-0.25, -0.2) is 0 Å². The van der Waals surface area contributed by atoms with Crippen LogP contribution in [0, 0.1) is 0 Å². The Labute approximate surface area is 157 Å². The van der Waals surface area contributed by atoms with Crippen molar-refractivity contribution in [3.8, 4) is 0 Å². The van der Waals surface area contributed by atoms with E-state index in [1.807, 2.05) is 17.9 Å². The van der Waals surface area contributed by atoms with Crippen molar-refractivity contribution in [2.75, 3.05) is 0 Å². The van der Waals surface area contributed by atoms with Crippen molar-refractivity contribution in [1.29, 1.82) is 0 Å². The van der Waals surface area contributed by atoms with E-state index in [4.69, 9.17) is 0 Å². The Hall–Kier alpha value is -2.13. The Kier molecular flexibility index (Phi) is 6.10. The quantitative estimate of drug-likeness (QED) is 0.855. The molecule has 2 aromatic rings. The van der Waals surface area contributed by atoms with Crippen molar-refractivity contribution < 1.29 is 4.79 Å². The Morgan fingerprint density at radius 1 is 1.08 bits per heavy atom. The fourth-order valence-corrected chi connectivity index (χ4v) is 3.83. The molecule has 0 fully saturated rings. The van der Waals surface area contributed by atoms with Crippen LogP contribution in [0.2, 0.25) is 0 Å². The molecule has 0 saturated heterocycles. The fraction of sp³-hybridized carbons (Fsp3) is 0.435. The van der Waals surface area contributed by atoms with Gasteiger partial charge >= 0.3 is 0 Å². The molecule has 1 amide bonds. The zero-order valence-electron chi connectivity index (χ0n) is 16.1. The normalized spacial score (nSPS) is 18.9. The molecule has 138 valence electrons. The van der Waals surface area contributed by atoms with E-state index in [0.29, 0.717) is 6.04 Å². The maximum atomic E-state index is 13.0. The van der Waals surface area contributed by atoms with Gasteiger partial charge in [0.2, 0.25) is 5.91 Å². The first-order valence-electron chi connectivity index (χ1n) is 9.72. The van der Waals surface area contributed by atoms with Crippen LogP contribution in [0.15, 0.2) is 54.6 Å². The minimum Gasteiger partial charge on any atom is -0.334 e. The number of fused-ring (bicyclic) bond motifs is 1. The molecule has 0 unspecified atom stereocenters. The lowest BCUT2D eigenvalue weighted by Gasteiger charge is -2.37. The maximum absolute atomic E-state index is 13.0. The van der Waals surface area contributed by atoms with Gasteiger partial charge in [-0.15, -0.1) is 0 Å². The minimum atomic E-state index is -0.159. The number of aryl methyl sites for hydroxylation is 1. The van der Waals surface area contributed by atoms with Gasteiger partial charge in [0.05, 0.1) is 6.04 Å². The van der Waals surface area contributed by atoms with Gasteiger partial charge in [0.1, 0.15) is 0 Å². The molecule has 1 aliphatic heterocycles. The summed E-state index contributed by atoms with van der Waals surface area (Å²) in [6.45, 7) is 7.04. The third-order valence-electron chi connectivity index (χ3n) is 5.40. The van der Waals surface area contributed by atoms with Crippen LogP contribution >= 0.6 is 0 Å². The van der Waals surface area contributed by atoms with E-state index in [1.54, 1.807) is 0 Å². The highest BCUT2D eigenvalue weighted by molar-refractivity contribution is 5.82. The van der Waals surface area contributed by atoms with Gasteiger partial charge < -0.3 is 10.2 Å². The molecule has 1 heterocycles. The van der Waals surface area contributed by atoms with Crippen molar-refractivity contribution >= 4 is 5.91 Å². The highest BCUT2D eigenvalue weighted by Gasteiger charge is 2.29. The second-order valence-corrected chi connectivity index (χ2v) is 7.60. The molecule has 0 saturated carbocycles. The Balaban J connectivity index is 1.54. The SMILES string of the molecule is C[C@H](CCc1ccccc1)N[C@@H](C)C(=O)N1Cc2ccccc2C[C@H]1C. The number of carbonyl (C=O) groups is 1. The van der Waals surface area contributed by atoms with Gasteiger partial charge in [-0.3, -0.25) is 4.79 Å². The molecule has 3 atom stereocenters. The molecule has 1 N–H and O–H groups in total. The van der Waals surface area contributed by atoms with Crippen LogP contribution in [-0.2, 0) is 24.2 Å². The Morgan fingerprint density at radius 3 is 2.46 bits per heavy atom. The van der Waals surface area contributed by atoms with Gasteiger partial charge in [0.25, 0.3) is 0 Å². The van der Waals surface area contributed by atoms with E-state index >= 15 is 0 Å². The van der Waals surface area contributed by atoms with Crippen LogP contribution < -0.4 is 5.32 Å². The number of benzene rings is 2. The molecule has 3 heteroatoms. The van der Waals surface area contributed by atoms with Crippen molar-refractivity contribution in [1.82, 2.24) is 10.2 Å². The molecule has 0 aromatic heterocycles. The highest BCUT2D eigenvalue weighted by Crippen LogP contribution is 2.23. The molecular formula is C23H30N2O. The summed E-state index contributed by atoms with van der Waals surface area (Å²) in [6.07, 6.45) is 3.00. The summed E-state index contributed by atoms with van der Waals surface area (Å²) in [6, 6.07) is 19.4. The van der Waals surface area contributed by atoms with Crippen molar-refractivity contribution in [2.45, 2.75) is 64.7 Å². The van der Waals surface area contributed by atoms with Crippen molar-refractivity contribution in [2.24, 2.45) is 0 Å². The van der Waals surface area contributed by atoms with Gasteiger partial charge in [-0.05, 0) is 56.7 Å². The molecular weight excluding hydrogens is 320 g/mol. The van der Waals surface area contributed by atoms with E-state index in [1.165, 1.54) is 16.7 Å². The average molecular weight is 351 g/mol. The Morgan fingerprint density at radius 2 is 1.73 bits per heavy atom. The smallest absolute Gasteiger partial charge is 0.239 e. The molecule has 1 aliphatic rings. The fourth-order valence-electron chi connectivity index (χ4n) is 3.83. The standard InChI is InChI=1S/C23H30N2O/c1-17(13-14-20-9-5-4-6-10-20)24-19(3)23(26)25-16-22-12-8-7-11-21(22)15-18(25)2/h4-12,17-19,24H,13-16H2,1-3H3/t17-,18-,19+/m1/s1. The Bertz CT molecular complexity index is 728. The van der Waals surface area contributed by atoms with E-state index in [2.05, 4.69) is 67.7 Å². The number of hydrogen-bond donors (Lipinski definition) is 1. The zero-order chi connectivity index (χ0) is 18.5. The first-order chi connectivity index (χ1) is 12.5. The lowest BCUT2D eigenvalue weighted by atomic mass is 9.94. The van der Waals surface area contributed by atoms with Crippen LogP contribution in [-0.4, -0.2) is 28.9 Å². The predicted molar refractivity (Wildman–Crippen MR) is 107 cm³/mol. The molecule has 2 aromatic carbocycles. The largest absolute Gasteiger partial charge is 0.334 e. The van der Waals surface area contributed by atoms with Crippen molar-refractivity contribution in [3.63, 3.8) is 0 Å². The number of nitrogens with one attached hydrogen (secondary N) is 1.